The van der Waals surface area contributed by atoms with Crippen LogP contribution in [0.2, 0.25) is 0 Å². The summed E-state index contributed by atoms with van der Waals surface area (Å²) in [5.41, 5.74) is 2.86. The molecular weight excluding hydrogens is 478 g/mol. The molecule has 1 amide bonds. The zero-order valence-corrected chi connectivity index (χ0v) is 22.9. The zero-order chi connectivity index (χ0) is 27.1. The number of aliphatic hydroxyl groups excluding tert-OH is 1. The lowest BCUT2D eigenvalue weighted by Gasteiger charge is -2.58. The Balaban J connectivity index is 1.16. The number of aliphatic hydroxyl groups is 2. The van der Waals surface area contributed by atoms with Crippen LogP contribution in [0.3, 0.4) is 0 Å². The molecule has 0 radical (unpaired) electrons. The van der Waals surface area contributed by atoms with E-state index < -0.39 is 11.7 Å². The van der Waals surface area contributed by atoms with Gasteiger partial charge >= 0.3 is 0 Å². The number of terminal acetylenes is 1. The van der Waals surface area contributed by atoms with Crippen LogP contribution in [0, 0.1) is 47.9 Å². The zero-order valence-electron chi connectivity index (χ0n) is 22.9. The monoisotopic (exact) mass is 519 g/mol. The summed E-state index contributed by atoms with van der Waals surface area (Å²) < 4.78 is 0. The van der Waals surface area contributed by atoms with Crippen molar-refractivity contribution in [3.63, 3.8) is 0 Å². The van der Waals surface area contributed by atoms with Gasteiger partial charge in [-0.05, 0) is 93.6 Å². The third kappa shape index (κ3) is 4.56. The van der Waals surface area contributed by atoms with Gasteiger partial charge in [-0.25, -0.2) is 0 Å². The lowest BCUT2D eigenvalue weighted by atomic mass is 9.46. The van der Waals surface area contributed by atoms with Gasteiger partial charge < -0.3 is 20.4 Å². The molecule has 3 saturated carbocycles. The summed E-state index contributed by atoms with van der Waals surface area (Å²) in [6, 6.07) is 3.63. The number of rotatable bonds is 6. The van der Waals surface area contributed by atoms with Crippen molar-refractivity contribution in [2.24, 2.45) is 33.7 Å². The van der Waals surface area contributed by atoms with Crippen LogP contribution in [0.5, 0.6) is 0 Å². The van der Waals surface area contributed by atoms with Crippen molar-refractivity contribution in [1.82, 2.24) is 10.3 Å². The molecule has 0 unspecified atom stereocenters. The Morgan fingerprint density at radius 2 is 2.03 bits per heavy atom. The molecule has 4 aliphatic carbocycles. The highest BCUT2D eigenvalue weighted by Crippen LogP contribution is 2.67. The number of aromatic nitrogens is 1. The van der Waals surface area contributed by atoms with Gasteiger partial charge in [-0.3, -0.25) is 9.78 Å². The largest absolute Gasteiger partial charge is 0.387 e. The molecule has 7 heteroatoms. The Hall–Kier alpha value is -2.69. The smallest absolute Gasteiger partial charge is 0.260 e. The van der Waals surface area contributed by atoms with Crippen LogP contribution in [0.1, 0.15) is 82.6 Å². The highest BCUT2D eigenvalue weighted by molar-refractivity contribution is 5.96. The molecule has 0 saturated heterocycles. The molecule has 0 aromatic carbocycles. The molecule has 7 nitrogen and oxygen atoms in total. The molecule has 4 aliphatic rings. The number of fused-ring (bicyclic) bond motifs is 5. The minimum atomic E-state index is -0.967. The summed E-state index contributed by atoms with van der Waals surface area (Å²) >= 11 is 0. The number of hydrogen-bond donors (Lipinski definition) is 3. The third-order valence-corrected chi connectivity index (χ3v) is 10.6. The van der Waals surface area contributed by atoms with Gasteiger partial charge in [0.25, 0.3) is 5.91 Å². The topological polar surface area (TPSA) is 104 Å². The van der Waals surface area contributed by atoms with Gasteiger partial charge in [0.2, 0.25) is 0 Å². The molecule has 1 aromatic rings. The van der Waals surface area contributed by atoms with Gasteiger partial charge in [-0.15, -0.1) is 6.42 Å². The number of nitrogens with zero attached hydrogens (tertiary/aromatic N) is 2. The van der Waals surface area contributed by atoms with Gasteiger partial charge in [0.15, 0.2) is 6.61 Å². The Labute approximate surface area is 226 Å². The van der Waals surface area contributed by atoms with E-state index in [2.05, 4.69) is 41.3 Å². The van der Waals surface area contributed by atoms with Gasteiger partial charge in [-0.1, -0.05) is 36.6 Å². The summed E-state index contributed by atoms with van der Waals surface area (Å²) in [7, 11) is 0. The molecule has 204 valence electrons. The number of amides is 1. The van der Waals surface area contributed by atoms with Crippen molar-refractivity contribution in [2.75, 3.05) is 13.2 Å². The SMILES string of the molecule is C#C[C@@]1(O)CC[C@H]2[C@@H]3CCC4=C/C(=N\OCC(=O)NC[C@H](O)c5ccc(C)nc5)CC[C@]4(C)[C@H]3CC[C@@]21C. The lowest BCUT2D eigenvalue weighted by Crippen LogP contribution is -2.54. The first kappa shape index (κ1) is 26.9. The third-order valence-electron chi connectivity index (χ3n) is 10.6. The molecule has 3 fully saturated rings. The summed E-state index contributed by atoms with van der Waals surface area (Å²) in [6.45, 7) is 6.43. The minimum Gasteiger partial charge on any atom is -0.387 e. The Morgan fingerprint density at radius 3 is 2.76 bits per heavy atom. The van der Waals surface area contributed by atoms with E-state index in [4.69, 9.17) is 11.3 Å². The molecular formula is C31H41N3O4. The van der Waals surface area contributed by atoms with Crippen LogP contribution < -0.4 is 5.32 Å². The molecule has 1 aromatic heterocycles. The maximum atomic E-state index is 12.2. The predicted octanol–water partition coefficient (Wildman–Crippen LogP) is 4.24. The van der Waals surface area contributed by atoms with Crippen LogP contribution in [0.25, 0.3) is 0 Å². The van der Waals surface area contributed by atoms with E-state index in [9.17, 15) is 15.0 Å². The summed E-state index contributed by atoms with van der Waals surface area (Å²) in [5.74, 6) is 4.13. The Kier molecular flexibility index (Phi) is 7.17. The fourth-order valence-corrected chi connectivity index (χ4v) is 8.13. The molecule has 5 rings (SSSR count). The maximum Gasteiger partial charge on any atom is 0.260 e. The van der Waals surface area contributed by atoms with E-state index in [1.807, 2.05) is 13.0 Å². The molecule has 38 heavy (non-hydrogen) atoms. The number of allylic oxidation sites excluding steroid dienone is 2. The van der Waals surface area contributed by atoms with Crippen molar-refractivity contribution < 1.29 is 19.8 Å². The van der Waals surface area contributed by atoms with Gasteiger partial charge in [0.05, 0.1) is 11.8 Å². The highest BCUT2D eigenvalue weighted by atomic mass is 16.6. The van der Waals surface area contributed by atoms with Gasteiger partial charge in [-0.2, -0.15) is 0 Å². The first-order valence-corrected chi connectivity index (χ1v) is 14.1. The van der Waals surface area contributed by atoms with Crippen molar-refractivity contribution in [1.29, 1.82) is 0 Å². The van der Waals surface area contributed by atoms with E-state index >= 15 is 0 Å². The summed E-state index contributed by atoms with van der Waals surface area (Å²) in [5, 5.41) is 28.4. The van der Waals surface area contributed by atoms with Crippen LogP contribution >= 0.6 is 0 Å². The average molecular weight is 520 g/mol. The number of carbonyl (C=O) groups excluding carboxylic acids is 1. The van der Waals surface area contributed by atoms with Crippen LogP contribution in [0.4, 0.5) is 0 Å². The fraction of sp³-hybridized carbons (Fsp3) is 0.645. The van der Waals surface area contributed by atoms with Crippen molar-refractivity contribution >= 4 is 11.6 Å². The fourth-order valence-electron chi connectivity index (χ4n) is 8.13. The second-order valence-corrected chi connectivity index (χ2v) is 12.4. The molecule has 0 bridgehead atoms. The average Bonchev–Trinajstić information content (AvgIpc) is 3.18. The Bertz CT molecular complexity index is 1170. The Morgan fingerprint density at radius 1 is 1.24 bits per heavy atom. The number of carbonyl (C=O) groups is 1. The van der Waals surface area contributed by atoms with Crippen molar-refractivity contribution in [2.45, 2.75) is 83.8 Å². The maximum absolute atomic E-state index is 12.2. The molecule has 1 heterocycles. The van der Waals surface area contributed by atoms with Crippen LogP contribution in [-0.2, 0) is 9.63 Å². The quantitative estimate of drug-likeness (QED) is 0.385. The van der Waals surface area contributed by atoms with E-state index in [0.29, 0.717) is 23.3 Å². The highest BCUT2D eigenvalue weighted by Gasteiger charge is 2.63. The van der Waals surface area contributed by atoms with Crippen LogP contribution in [-0.4, -0.2) is 45.6 Å². The van der Waals surface area contributed by atoms with Crippen molar-refractivity contribution in [3.8, 4) is 12.3 Å². The van der Waals surface area contributed by atoms with E-state index in [0.717, 1.165) is 62.8 Å². The molecule has 7 atom stereocenters. The summed E-state index contributed by atoms with van der Waals surface area (Å²) in [4.78, 5) is 21.8. The first-order valence-electron chi connectivity index (χ1n) is 14.1. The predicted molar refractivity (Wildman–Crippen MR) is 146 cm³/mol. The second kappa shape index (κ2) is 10.1. The normalized spacial score (nSPS) is 37.7. The van der Waals surface area contributed by atoms with Gasteiger partial charge in [0, 0.05) is 29.4 Å². The molecule has 3 N–H and O–H groups in total. The van der Waals surface area contributed by atoms with E-state index in [-0.39, 0.29) is 29.9 Å². The minimum absolute atomic E-state index is 0.0905. The van der Waals surface area contributed by atoms with Gasteiger partial charge in [0.1, 0.15) is 5.60 Å². The van der Waals surface area contributed by atoms with Crippen LogP contribution in [0.15, 0.2) is 35.1 Å². The summed E-state index contributed by atoms with van der Waals surface area (Å²) in [6.07, 6.45) is 16.6. The van der Waals surface area contributed by atoms with E-state index in [1.54, 1.807) is 12.3 Å². The number of nitrogens with one attached hydrogen (secondary N) is 1. The number of pyridine rings is 1. The molecule has 0 aliphatic heterocycles. The number of aryl methyl sites for hydroxylation is 1. The number of hydrogen-bond acceptors (Lipinski definition) is 6. The lowest BCUT2D eigenvalue weighted by molar-refractivity contribution is -0.126. The molecule has 0 spiro atoms. The van der Waals surface area contributed by atoms with Crippen molar-refractivity contribution in [3.05, 3.63) is 41.2 Å². The second-order valence-electron chi connectivity index (χ2n) is 12.4. The number of oxime groups is 1. The first-order chi connectivity index (χ1) is 18.1. The standard InChI is InChI=1S/C31H41N3O4/c1-5-31(37)15-12-26-24-9-8-22-16-23(10-13-29(22,3)25(24)11-14-30(26,31)4)34-38-19-28(36)33-18-27(35)21-7-6-20(2)32-17-21/h1,6-7,16-17,24-27,35,37H,8-15,18-19H2,2-4H3,(H,33,36)/b34-23-/t24-,25+,26+,27+,29+,30+,31-/m1/s1. The van der Waals surface area contributed by atoms with E-state index in [1.165, 1.54) is 5.57 Å².